The molecule has 30 heavy (non-hydrogen) atoms. The molecule has 10 nitrogen and oxygen atoms in total. The molecule has 0 amide bonds. The first kappa shape index (κ1) is 27.4. The molecule has 0 spiro atoms. The van der Waals surface area contributed by atoms with Crippen LogP contribution in [0, 0.1) is 0 Å². The molecule has 0 radical (unpaired) electrons. The monoisotopic (exact) mass is 432 g/mol. The molecule has 0 aromatic heterocycles. The van der Waals surface area contributed by atoms with E-state index in [9.17, 15) is 24.0 Å². The Kier molecular flexibility index (Phi) is 13.1. The number of hydrogen-bond donors (Lipinski definition) is 0. The molecule has 0 aliphatic heterocycles. The van der Waals surface area contributed by atoms with Crippen molar-refractivity contribution in [1.82, 2.24) is 0 Å². The van der Waals surface area contributed by atoms with Gasteiger partial charge in [-0.3, -0.25) is 24.0 Å². The predicted molar refractivity (Wildman–Crippen MR) is 103 cm³/mol. The molecular weight excluding hydrogens is 400 g/mol. The van der Waals surface area contributed by atoms with Crippen molar-refractivity contribution in [2.24, 2.45) is 0 Å². The Morgan fingerprint density at radius 3 is 1.17 bits per heavy atom. The molecular formula is C20H32O10. The van der Waals surface area contributed by atoms with Crippen LogP contribution < -0.4 is 0 Å². The fraction of sp³-hybridized carbons (Fsp3) is 0.750. The Bertz CT molecular complexity index is 600. The zero-order valence-corrected chi connectivity index (χ0v) is 18.4. The van der Waals surface area contributed by atoms with Gasteiger partial charge in [0.1, 0.15) is 24.4 Å². The lowest BCUT2D eigenvalue weighted by Crippen LogP contribution is -2.27. The average molecular weight is 432 g/mol. The van der Waals surface area contributed by atoms with E-state index >= 15 is 0 Å². The van der Waals surface area contributed by atoms with Crippen molar-refractivity contribution in [1.29, 1.82) is 0 Å². The van der Waals surface area contributed by atoms with Crippen molar-refractivity contribution in [2.45, 2.75) is 91.6 Å². The third-order valence-corrected chi connectivity index (χ3v) is 3.49. The SMILES string of the molecule is CCOC(=O)C[C@@H](C)OC(=O)C[C@@H](C)OC(=O)C[C@@H](C)OC(=O)C[C@@H](C)OC(C)=O. The van der Waals surface area contributed by atoms with Gasteiger partial charge >= 0.3 is 29.8 Å². The molecule has 0 saturated heterocycles. The largest absolute Gasteiger partial charge is 0.466 e. The van der Waals surface area contributed by atoms with Crippen molar-refractivity contribution in [3.8, 4) is 0 Å². The minimum Gasteiger partial charge on any atom is -0.466 e. The normalized spacial score (nSPS) is 14.5. The lowest BCUT2D eigenvalue weighted by molar-refractivity contribution is -0.160. The lowest BCUT2D eigenvalue weighted by Gasteiger charge is -2.18. The van der Waals surface area contributed by atoms with Gasteiger partial charge in [-0.2, -0.15) is 0 Å². The average Bonchev–Trinajstić information content (AvgIpc) is 2.52. The second-order valence-corrected chi connectivity index (χ2v) is 6.94. The summed E-state index contributed by atoms with van der Waals surface area (Å²) in [6.45, 7) is 9.30. The third kappa shape index (κ3) is 14.4. The first-order valence-corrected chi connectivity index (χ1v) is 9.84. The summed E-state index contributed by atoms with van der Waals surface area (Å²) < 4.78 is 24.9. The van der Waals surface area contributed by atoms with Crippen LogP contribution >= 0.6 is 0 Å². The fourth-order valence-corrected chi connectivity index (χ4v) is 2.43. The molecule has 0 aromatic rings. The molecule has 4 atom stereocenters. The van der Waals surface area contributed by atoms with E-state index in [0.717, 1.165) is 0 Å². The quantitative estimate of drug-likeness (QED) is 0.314. The van der Waals surface area contributed by atoms with E-state index in [4.69, 9.17) is 23.7 Å². The van der Waals surface area contributed by atoms with E-state index < -0.39 is 54.3 Å². The van der Waals surface area contributed by atoms with Gasteiger partial charge in [0.25, 0.3) is 0 Å². The number of ether oxygens (including phenoxy) is 5. The molecule has 0 aliphatic rings. The molecule has 0 N–H and O–H groups in total. The van der Waals surface area contributed by atoms with E-state index in [0.29, 0.717) is 0 Å². The summed E-state index contributed by atoms with van der Waals surface area (Å²) in [4.78, 5) is 57.7. The Morgan fingerprint density at radius 1 is 0.567 bits per heavy atom. The van der Waals surface area contributed by atoms with Crippen LogP contribution in [0.15, 0.2) is 0 Å². The Labute approximate surface area is 176 Å². The molecule has 0 heterocycles. The molecule has 0 aromatic carbocycles. The van der Waals surface area contributed by atoms with Gasteiger partial charge in [0.05, 0.1) is 32.3 Å². The van der Waals surface area contributed by atoms with Crippen molar-refractivity contribution in [3.63, 3.8) is 0 Å². The van der Waals surface area contributed by atoms with Gasteiger partial charge in [-0.05, 0) is 34.6 Å². The number of carbonyl (C=O) groups is 5. The summed E-state index contributed by atoms with van der Waals surface area (Å²) in [6.07, 6.45) is -3.39. The van der Waals surface area contributed by atoms with Gasteiger partial charge in [-0.25, -0.2) is 0 Å². The standard InChI is InChI=1S/C20H32O10/c1-7-26-17(22)8-13(3)28-19(24)10-15(5)30-20(25)11-14(4)29-18(23)9-12(2)27-16(6)21/h12-15H,7-11H2,1-6H3/t12-,13-,14-,15-/m1/s1. The van der Waals surface area contributed by atoms with Gasteiger partial charge in [-0.15, -0.1) is 0 Å². The van der Waals surface area contributed by atoms with E-state index in [1.165, 1.54) is 20.8 Å². The molecule has 172 valence electrons. The summed E-state index contributed by atoms with van der Waals surface area (Å²) in [6, 6.07) is 0. The van der Waals surface area contributed by atoms with Gasteiger partial charge < -0.3 is 23.7 Å². The van der Waals surface area contributed by atoms with Crippen molar-refractivity contribution < 1.29 is 47.7 Å². The van der Waals surface area contributed by atoms with Gasteiger partial charge in [0.15, 0.2) is 0 Å². The molecule has 10 heteroatoms. The molecule has 0 rings (SSSR count). The fourth-order valence-electron chi connectivity index (χ4n) is 2.43. The first-order chi connectivity index (χ1) is 13.9. The zero-order chi connectivity index (χ0) is 23.3. The van der Waals surface area contributed by atoms with Gasteiger partial charge in [-0.1, -0.05) is 0 Å². The zero-order valence-electron chi connectivity index (χ0n) is 18.4. The van der Waals surface area contributed by atoms with E-state index in [1.54, 1.807) is 20.8 Å². The van der Waals surface area contributed by atoms with Crippen LogP contribution in [-0.2, 0) is 47.7 Å². The van der Waals surface area contributed by atoms with Crippen LogP contribution in [0.4, 0.5) is 0 Å². The van der Waals surface area contributed by atoms with Crippen LogP contribution in [-0.4, -0.2) is 60.9 Å². The molecule has 0 bridgehead atoms. The van der Waals surface area contributed by atoms with Crippen LogP contribution in [0.3, 0.4) is 0 Å². The molecule has 0 aliphatic carbocycles. The highest BCUT2D eigenvalue weighted by molar-refractivity contribution is 5.75. The summed E-state index contributed by atoms with van der Waals surface area (Å²) in [7, 11) is 0. The third-order valence-electron chi connectivity index (χ3n) is 3.49. The minimum absolute atomic E-state index is 0.0628. The number of carbonyl (C=O) groups excluding carboxylic acids is 5. The number of rotatable bonds is 13. The Hall–Kier alpha value is -2.65. The summed E-state index contributed by atoms with van der Waals surface area (Å²) in [5.41, 5.74) is 0. The van der Waals surface area contributed by atoms with Gasteiger partial charge in [0, 0.05) is 6.92 Å². The second-order valence-electron chi connectivity index (χ2n) is 6.94. The highest BCUT2D eigenvalue weighted by atomic mass is 16.6. The van der Waals surface area contributed by atoms with Crippen molar-refractivity contribution >= 4 is 29.8 Å². The van der Waals surface area contributed by atoms with E-state index in [-0.39, 0.29) is 32.3 Å². The maximum absolute atomic E-state index is 11.9. The second kappa shape index (κ2) is 14.4. The summed E-state index contributed by atoms with van der Waals surface area (Å²) in [5.74, 6) is -2.86. The summed E-state index contributed by atoms with van der Waals surface area (Å²) >= 11 is 0. The smallest absolute Gasteiger partial charge is 0.309 e. The molecule has 0 unspecified atom stereocenters. The highest BCUT2D eigenvalue weighted by Crippen LogP contribution is 2.09. The van der Waals surface area contributed by atoms with Crippen LogP contribution in [0.5, 0.6) is 0 Å². The Balaban J connectivity index is 4.21. The predicted octanol–water partition coefficient (Wildman–Crippen LogP) is 1.86. The van der Waals surface area contributed by atoms with Crippen molar-refractivity contribution in [2.75, 3.05) is 6.61 Å². The maximum Gasteiger partial charge on any atom is 0.309 e. The lowest BCUT2D eigenvalue weighted by atomic mass is 10.2. The van der Waals surface area contributed by atoms with Crippen molar-refractivity contribution in [3.05, 3.63) is 0 Å². The van der Waals surface area contributed by atoms with Crippen LogP contribution in [0.2, 0.25) is 0 Å². The van der Waals surface area contributed by atoms with E-state index in [2.05, 4.69) is 0 Å². The van der Waals surface area contributed by atoms with Crippen LogP contribution in [0.25, 0.3) is 0 Å². The first-order valence-electron chi connectivity index (χ1n) is 9.84. The highest BCUT2D eigenvalue weighted by Gasteiger charge is 2.22. The molecule has 0 saturated carbocycles. The maximum atomic E-state index is 11.9. The summed E-state index contributed by atoms with van der Waals surface area (Å²) in [5, 5.41) is 0. The minimum atomic E-state index is -0.758. The molecule has 0 fully saturated rings. The van der Waals surface area contributed by atoms with E-state index in [1.807, 2.05) is 0 Å². The number of hydrogen-bond acceptors (Lipinski definition) is 10. The topological polar surface area (TPSA) is 132 Å². The Morgan fingerprint density at radius 2 is 0.867 bits per heavy atom. The van der Waals surface area contributed by atoms with Crippen LogP contribution in [0.1, 0.15) is 67.2 Å². The van der Waals surface area contributed by atoms with Gasteiger partial charge in [0.2, 0.25) is 0 Å². The number of esters is 5.